The number of anilines is 1. The van der Waals surface area contributed by atoms with Gasteiger partial charge >= 0.3 is 5.97 Å². The second-order valence-electron chi connectivity index (χ2n) is 16.6. The number of halogens is 3. The van der Waals surface area contributed by atoms with Gasteiger partial charge in [0.2, 0.25) is 5.91 Å². The summed E-state index contributed by atoms with van der Waals surface area (Å²) in [6.07, 6.45) is 18.0. The summed E-state index contributed by atoms with van der Waals surface area (Å²) < 4.78 is 9.53. The molecular weight excluding hydrogens is 923 g/mol. The molecule has 7 heteroatoms. The summed E-state index contributed by atoms with van der Waals surface area (Å²) in [4.78, 5) is 25.6. The van der Waals surface area contributed by atoms with Crippen LogP contribution < -0.4 is 5.32 Å². The van der Waals surface area contributed by atoms with Gasteiger partial charge in [0.25, 0.3) is 0 Å². The first kappa shape index (κ1) is 38.3. The molecule has 262 valence electrons. The third-order valence-electron chi connectivity index (χ3n) is 13.4. The van der Waals surface area contributed by atoms with Crippen molar-refractivity contribution in [3.63, 3.8) is 0 Å². The topological polar surface area (TPSA) is 55.4 Å². The summed E-state index contributed by atoms with van der Waals surface area (Å²) in [7, 11) is 0. The van der Waals surface area contributed by atoms with Gasteiger partial charge in [-0.05, 0) is 184 Å². The van der Waals surface area contributed by atoms with E-state index in [9.17, 15) is 9.59 Å². The molecule has 47 heavy (non-hydrogen) atoms. The highest BCUT2D eigenvalue weighted by molar-refractivity contribution is 14.1. The van der Waals surface area contributed by atoms with Crippen LogP contribution in [-0.4, -0.2) is 18.0 Å². The molecule has 3 fully saturated rings. The molecule has 1 N–H and O–H groups in total. The third-order valence-corrected chi connectivity index (χ3v) is 16.4. The van der Waals surface area contributed by atoms with Crippen molar-refractivity contribution in [3.05, 3.63) is 34.0 Å². The Bertz CT molecular complexity index is 1360. The van der Waals surface area contributed by atoms with E-state index in [-0.39, 0.29) is 29.3 Å². The normalized spacial score (nSPS) is 32.9. The Balaban J connectivity index is 1.23. The molecule has 1 unspecified atom stereocenters. The maximum atomic E-state index is 13.7. The van der Waals surface area contributed by atoms with E-state index in [4.69, 9.17) is 4.74 Å². The molecule has 4 aliphatic rings. The van der Waals surface area contributed by atoms with Crippen molar-refractivity contribution < 1.29 is 14.3 Å². The Labute approximate surface area is 326 Å². The molecule has 0 saturated heterocycles. The lowest BCUT2D eigenvalue weighted by molar-refractivity contribution is -0.156. The molecule has 4 nitrogen and oxygen atoms in total. The number of carbonyl (C=O) groups excluding carboxylic acids is 2. The molecule has 1 aromatic carbocycles. The van der Waals surface area contributed by atoms with Crippen LogP contribution in [0.4, 0.5) is 5.69 Å². The van der Waals surface area contributed by atoms with Crippen LogP contribution in [0.5, 0.6) is 0 Å². The van der Waals surface area contributed by atoms with Crippen molar-refractivity contribution in [1.82, 2.24) is 0 Å². The number of esters is 1. The zero-order valence-corrected chi connectivity index (χ0v) is 36.3. The lowest BCUT2D eigenvalue weighted by Crippen LogP contribution is -2.51. The third kappa shape index (κ3) is 7.96. The minimum atomic E-state index is -0.195. The average Bonchev–Trinajstić information content (AvgIpc) is 3.36. The van der Waals surface area contributed by atoms with Crippen molar-refractivity contribution in [2.24, 2.45) is 52.3 Å². The number of ether oxygens (including phenoxy) is 1. The zero-order chi connectivity index (χ0) is 34.3. The Morgan fingerprint density at radius 3 is 2.43 bits per heavy atom. The van der Waals surface area contributed by atoms with E-state index in [1.54, 1.807) is 12.5 Å². The van der Waals surface area contributed by atoms with E-state index in [0.717, 1.165) is 83.2 Å². The van der Waals surface area contributed by atoms with Crippen LogP contribution in [0.2, 0.25) is 0 Å². The van der Waals surface area contributed by atoms with Gasteiger partial charge in [-0.15, -0.1) is 0 Å². The standard InChI is InChI=1S/C40H58I3NO3/c1-8-26(20-30-34(41)22-35(42)37(36(30)43)44-25(5)45)38(46)47-28-16-18-39(6)27(21-28)12-13-29-32-15-14-31(24(4)11-9-10-23(2)3)40(32,7)19-17-33(29)39/h12,22-24,26,28-29,31-33H,8-11,13-21H2,1-7H3,(H,44,45)/t24-,26?,28+,29+,31-,32+,33+,39+,40-/m1/s1. The Morgan fingerprint density at radius 1 is 1.00 bits per heavy atom. The van der Waals surface area contributed by atoms with Gasteiger partial charge in [0.15, 0.2) is 0 Å². The average molecular weight is 982 g/mol. The highest BCUT2D eigenvalue weighted by Crippen LogP contribution is 2.67. The first-order valence-electron chi connectivity index (χ1n) is 18.5. The van der Waals surface area contributed by atoms with Crippen molar-refractivity contribution in [3.8, 4) is 0 Å². The van der Waals surface area contributed by atoms with Crippen molar-refractivity contribution in [2.45, 2.75) is 138 Å². The summed E-state index contributed by atoms with van der Waals surface area (Å²) in [5.41, 5.74) is 4.32. The van der Waals surface area contributed by atoms with Gasteiger partial charge in [0.1, 0.15) is 6.10 Å². The minimum Gasteiger partial charge on any atom is -0.462 e. The number of benzene rings is 1. The number of hydrogen-bond donors (Lipinski definition) is 1. The van der Waals surface area contributed by atoms with E-state index >= 15 is 0 Å². The van der Waals surface area contributed by atoms with Crippen LogP contribution in [0.15, 0.2) is 17.7 Å². The van der Waals surface area contributed by atoms with Gasteiger partial charge in [0, 0.05) is 24.1 Å². The number of nitrogens with one attached hydrogen (secondary N) is 1. The summed E-state index contributed by atoms with van der Waals surface area (Å²) in [6, 6.07) is 2.10. The number of allylic oxidation sites excluding steroid dienone is 1. The molecular formula is C40H58I3NO3. The van der Waals surface area contributed by atoms with Gasteiger partial charge in [-0.3, -0.25) is 9.59 Å². The van der Waals surface area contributed by atoms with Crippen LogP contribution in [0.3, 0.4) is 0 Å². The van der Waals surface area contributed by atoms with Crippen LogP contribution in [0, 0.1) is 63.0 Å². The highest BCUT2D eigenvalue weighted by Gasteiger charge is 2.59. The molecule has 1 aromatic rings. The first-order chi connectivity index (χ1) is 22.2. The van der Waals surface area contributed by atoms with E-state index in [1.165, 1.54) is 51.4 Å². The van der Waals surface area contributed by atoms with Gasteiger partial charge in [0.05, 0.1) is 11.6 Å². The van der Waals surface area contributed by atoms with E-state index < -0.39 is 0 Å². The van der Waals surface area contributed by atoms with Crippen LogP contribution in [0.25, 0.3) is 0 Å². The zero-order valence-electron chi connectivity index (χ0n) is 29.8. The number of hydrogen-bond acceptors (Lipinski definition) is 3. The second-order valence-corrected chi connectivity index (χ2v) is 20.0. The fourth-order valence-electron chi connectivity index (χ4n) is 10.8. The Kier molecular flexibility index (Phi) is 12.9. The quantitative estimate of drug-likeness (QED) is 0.137. The van der Waals surface area contributed by atoms with Crippen LogP contribution >= 0.6 is 67.8 Å². The lowest BCUT2D eigenvalue weighted by atomic mass is 9.47. The molecule has 0 aromatic heterocycles. The fourth-order valence-corrected chi connectivity index (χ4v) is 14.8. The molecule has 0 heterocycles. The SMILES string of the molecule is CCC(Cc1c(I)cc(I)c(NC(C)=O)c1I)C(=O)O[C@H]1CC[C@@]2(C)C(=CC[C@H]3[C@@H]4CC[C@H]([C@H](C)CCCC(C)C)[C@@]4(C)CC[C@@H]32)C1. The predicted octanol–water partition coefficient (Wildman–Crippen LogP) is 12.0. The van der Waals surface area contributed by atoms with Gasteiger partial charge in [-0.1, -0.05) is 72.5 Å². The Hall–Kier alpha value is 0.0900. The number of amides is 1. The van der Waals surface area contributed by atoms with Gasteiger partial charge in [-0.2, -0.15) is 0 Å². The van der Waals surface area contributed by atoms with Crippen molar-refractivity contribution in [1.29, 1.82) is 0 Å². The first-order valence-corrected chi connectivity index (χ1v) is 21.8. The summed E-state index contributed by atoms with van der Waals surface area (Å²) in [6.45, 7) is 16.2. The second kappa shape index (κ2) is 15.8. The molecule has 0 aliphatic heterocycles. The monoisotopic (exact) mass is 981 g/mol. The van der Waals surface area contributed by atoms with E-state index in [2.05, 4.69) is 127 Å². The van der Waals surface area contributed by atoms with Crippen molar-refractivity contribution >= 4 is 85.3 Å². The van der Waals surface area contributed by atoms with Crippen LogP contribution in [0.1, 0.15) is 131 Å². The predicted molar refractivity (Wildman–Crippen MR) is 219 cm³/mol. The molecule has 0 radical (unpaired) electrons. The fraction of sp³-hybridized carbons (Fsp3) is 0.750. The van der Waals surface area contributed by atoms with E-state index in [1.807, 2.05) is 0 Å². The van der Waals surface area contributed by atoms with Gasteiger partial charge < -0.3 is 10.1 Å². The summed E-state index contributed by atoms with van der Waals surface area (Å²) in [5.74, 6) is 4.68. The Morgan fingerprint density at radius 2 is 1.74 bits per heavy atom. The van der Waals surface area contributed by atoms with Crippen molar-refractivity contribution in [2.75, 3.05) is 5.32 Å². The van der Waals surface area contributed by atoms with Crippen LogP contribution in [-0.2, 0) is 20.7 Å². The summed E-state index contributed by atoms with van der Waals surface area (Å²) in [5, 5.41) is 3.00. The maximum absolute atomic E-state index is 13.7. The lowest BCUT2D eigenvalue weighted by Gasteiger charge is -2.58. The number of rotatable bonds is 11. The smallest absolute Gasteiger partial charge is 0.309 e. The van der Waals surface area contributed by atoms with E-state index in [0.29, 0.717) is 11.8 Å². The highest BCUT2D eigenvalue weighted by atomic mass is 127. The molecule has 1 amide bonds. The number of carbonyl (C=O) groups is 2. The molecule has 4 aliphatic carbocycles. The summed E-state index contributed by atoms with van der Waals surface area (Å²) >= 11 is 6.97. The minimum absolute atomic E-state index is 0.0198. The number of fused-ring (bicyclic) bond motifs is 5. The largest absolute Gasteiger partial charge is 0.462 e. The maximum Gasteiger partial charge on any atom is 0.309 e. The molecule has 9 atom stereocenters. The molecule has 0 bridgehead atoms. The van der Waals surface area contributed by atoms with Gasteiger partial charge in [-0.25, -0.2) is 0 Å². The molecule has 0 spiro atoms. The molecule has 5 rings (SSSR count). The molecule has 3 saturated carbocycles.